The molecule has 0 aliphatic carbocycles. The number of carboxylic acid groups (broad SMARTS) is 3. The van der Waals surface area contributed by atoms with Gasteiger partial charge in [0.15, 0.2) is 0 Å². The van der Waals surface area contributed by atoms with Crippen LogP contribution in [-0.2, 0) is 14.4 Å². The summed E-state index contributed by atoms with van der Waals surface area (Å²) < 4.78 is 0. The summed E-state index contributed by atoms with van der Waals surface area (Å²) in [5.41, 5.74) is 9.52. The number of aliphatic carboxylic acids is 3. The quantitative estimate of drug-likeness (QED) is 0.230. The van der Waals surface area contributed by atoms with Crippen molar-refractivity contribution in [3.63, 3.8) is 0 Å². The molecule has 0 saturated carbocycles. The molecule has 10 heteroatoms. The second-order valence-electron chi connectivity index (χ2n) is 2.36. The van der Waals surface area contributed by atoms with E-state index in [9.17, 15) is 0 Å². The van der Waals surface area contributed by atoms with E-state index in [2.05, 4.69) is 0 Å². The molecule has 0 aromatic heterocycles. The molecular weight excluding hydrogens is 259 g/mol. The Morgan fingerprint density at radius 3 is 1.00 bits per heavy atom. The van der Waals surface area contributed by atoms with Gasteiger partial charge in [0.1, 0.15) is 6.23 Å². The fraction of sp³-hybridized carbons (Fsp3) is 0.625. The predicted octanol–water partition coefficient (Wildman–Crippen LogP) is -2.15. The van der Waals surface area contributed by atoms with E-state index in [0.29, 0.717) is 0 Å². The van der Waals surface area contributed by atoms with Gasteiger partial charge in [0.05, 0.1) is 0 Å². The average Bonchev–Trinajstić information content (AvgIpc) is 2.00. The maximum atomic E-state index is 9.00. The molecule has 0 aliphatic rings. The average molecular weight is 280 g/mol. The van der Waals surface area contributed by atoms with Gasteiger partial charge in [-0.05, 0) is 0 Å². The Labute approximate surface area is 127 Å². The summed E-state index contributed by atoms with van der Waals surface area (Å²) in [5.74, 6) is -2.50. The number of aliphatic hydroxyl groups is 1. The Kier molecular flexibility index (Phi) is 42.5. The molecule has 9 nitrogen and oxygen atoms in total. The summed E-state index contributed by atoms with van der Waals surface area (Å²) in [4.78, 5) is 27.0. The molecule has 0 heterocycles. The number of nitrogens with two attached hydrogens (primary N) is 2. The van der Waals surface area contributed by atoms with Gasteiger partial charge in [-0.15, -0.1) is 0 Å². The van der Waals surface area contributed by atoms with Gasteiger partial charge in [-0.3, -0.25) is 14.4 Å². The van der Waals surface area contributed by atoms with Gasteiger partial charge < -0.3 is 31.9 Å². The normalized spacial score (nSPS) is 8.33. The van der Waals surface area contributed by atoms with E-state index in [4.69, 9.17) is 46.3 Å². The zero-order valence-electron chi connectivity index (χ0n) is 9.95. The van der Waals surface area contributed by atoms with Gasteiger partial charge in [0, 0.05) is 27.3 Å². The molecule has 0 aromatic rings. The minimum atomic E-state index is -0.838. The first-order valence-corrected chi connectivity index (χ1v) is 4.19. The first-order chi connectivity index (χ1) is 7.47. The van der Waals surface area contributed by atoms with E-state index in [1.165, 1.54) is 0 Å². The van der Waals surface area contributed by atoms with Crippen LogP contribution in [0.15, 0.2) is 0 Å². The molecule has 1 atom stereocenters. The standard InChI is InChI=1S/C2H8N2O.3C2H4O2.Na.H/c3-1-2(4)5;3*1-2(3)4;;/h2,5H,1,3-4H2;3*1H3,(H,3,4);;. The Balaban J connectivity index is -0.0000000412. The molecule has 0 rings (SSSR count). The number of hydrogen-bond donors (Lipinski definition) is 6. The number of carbonyl (C=O) groups is 3. The fourth-order valence-electron chi connectivity index (χ4n) is 0. The SMILES string of the molecule is CC(=O)O.CC(=O)O.CC(=O)O.NCC(N)O.[NaH]. The third-order valence-corrected chi connectivity index (χ3v) is 0.241. The van der Waals surface area contributed by atoms with Crippen molar-refractivity contribution in [2.75, 3.05) is 6.54 Å². The number of aliphatic hydroxyl groups excluding tert-OH is 1. The van der Waals surface area contributed by atoms with E-state index >= 15 is 0 Å². The molecule has 0 saturated heterocycles. The van der Waals surface area contributed by atoms with Crippen LogP contribution in [0.3, 0.4) is 0 Å². The van der Waals surface area contributed by atoms with Crippen molar-refractivity contribution in [3.05, 3.63) is 0 Å². The van der Waals surface area contributed by atoms with Crippen molar-refractivity contribution in [1.29, 1.82) is 0 Å². The van der Waals surface area contributed by atoms with Crippen LogP contribution in [0.4, 0.5) is 0 Å². The molecular formula is C8H21N2NaO7. The molecule has 0 bridgehead atoms. The van der Waals surface area contributed by atoms with Crippen molar-refractivity contribution in [2.45, 2.75) is 27.0 Å². The first-order valence-electron chi connectivity index (χ1n) is 4.19. The Morgan fingerprint density at radius 1 is 0.944 bits per heavy atom. The van der Waals surface area contributed by atoms with Gasteiger partial charge in [-0.25, -0.2) is 0 Å². The number of hydrogen-bond acceptors (Lipinski definition) is 6. The summed E-state index contributed by atoms with van der Waals surface area (Å²) in [5, 5.41) is 30.3. The van der Waals surface area contributed by atoms with Crippen LogP contribution in [-0.4, -0.2) is 80.7 Å². The van der Waals surface area contributed by atoms with E-state index in [0.717, 1.165) is 20.8 Å². The third-order valence-electron chi connectivity index (χ3n) is 0.241. The summed E-state index contributed by atoms with van der Waals surface area (Å²) in [6.45, 7) is 3.39. The van der Waals surface area contributed by atoms with E-state index in [1.54, 1.807) is 0 Å². The molecule has 18 heavy (non-hydrogen) atoms. The topological polar surface area (TPSA) is 184 Å². The summed E-state index contributed by atoms with van der Waals surface area (Å²) in [7, 11) is 0. The molecule has 1 unspecified atom stereocenters. The van der Waals surface area contributed by atoms with Gasteiger partial charge in [0.2, 0.25) is 0 Å². The van der Waals surface area contributed by atoms with E-state index in [-0.39, 0.29) is 36.1 Å². The third kappa shape index (κ3) is 1880. The van der Waals surface area contributed by atoms with E-state index in [1.807, 2.05) is 0 Å². The van der Waals surface area contributed by atoms with Crippen LogP contribution in [0.5, 0.6) is 0 Å². The summed E-state index contributed by atoms with van der Waals surface area (Å²) >= 11 is 0. The summed E-state index contributed by atoms with van der Waals surface area (Å²) in [6.07, 6.45) is -0.838. The van der Waals surface area contributed by atoms with Crippen molar-refractivity contribution in [1.82, 2.24) is 0 Å². The predicted molar refractivity (Wildman–Crippen MR) is 66.3 cm³/mol. The van der Waals surface area contributed by atoms with Gasteiger partial charge in [-0.1, -0.05) is 0 Å². The molecule has 0 fully saturated rings. The Morgan fingerprint density at radius 2 is 1.00 bits per heavy atom. The van der Waals surface area contributed by atoms with Gasteiger partial charge >= 0.3 is 29.6 Å². The van der Waals surface area contributed by atoms with Crippen LogP contribution in [0.25, 0.3) is 0 Å². The van der Waals surface area contributed by atoms with Crippen LogP contribution >= 0.6 is 0 Å². The molecule has 106 valence electrons. The van der Waals surface area contributed by atoms with Crippen molar-refractivity contribution < 1.29 is 34.8 Å². The van der Waals surface area contributed by atoms with Crippen molar-refractivity contribution >= 4 is 47.5 Å². The van der Waals surface area contributed by atoms with Crippen LogP contribution in [0, 0.1) is 0 Å². The number of rotatable bonds is 1. The van der Waals surface area contributed by atoms with E-state index < -0.39 is 24.1 Å². The molecule has 0 aliphatic heterocycles. The fourth-order valence-corrected chi connectivity index (χ4v) is 0. The van der Waals surface area contributed by atoms with Crippen LogP contribution < -0.4 is 11.5 Å². The molecule has 0 aromatic carbocycles. The van der Waals surface area contributed by atoms with Crippen molar-refractivity contribution in [2.24, 2.45) is 11.5 Å². The van der Waals surface area contributed by atoms with Crippen LogP contribution in [0.1, 0.15) is 20.8 Å². The van der Waals surface area contributed by atoms with Crippen LogP contribution in [0.2, 0.25) is 0 Å². The molecule has 8 N–H and O–H groups in total. The Bertz CT molecular complexity index is 171. The molecule has 0 radical (unpaired) electrons. The second kappa shape index (κ2) is 25.2. The molecule has 0 spiro atoms. The summed E-state index contributed by atoms with van der Waals surface area (Å²) in [6, 6.07) is 0. The second-order valence-corrected chi connectivity index (χ2v) is 2.36. The minimum absolute atomic E-state index is 0. The Hall–Kier alpha value is -0.710. The monoisotopic (exact) mass is 280 g/mol. The zero-order chi connectivity index (χ0) is 15.0. The zero-order valence-corrected chi connectivity index (χ0v) is 9.95. The van der Waals surface area contributed by atoms with Gasteiger partial charge in [0.25, 0.3) is 17.9 Å². The van der Waals surface area contributed by atoms with Gasteiger partial charge in [-0.2, -0.15) is 0 Å². The first kappa shape index (κ1) is 30.4. The maximum absolute atomic E-state index is 9.00. The number of carboxylic acids is 3. The molecule has 0 amide bonds. The van der Waals surface area contributed by atoms with Crippen molar-refractivity contribution in [3.8, 4) is 0 Å².